The highest BCUT2D eigenvalue weighted by Gasteiger charge is 2.50. The van der Waals surface area contributed by atoms with E-state index in [1.807, 2.05) is 60.7 Å². The van der Waals surface area contributed by atoms with Crippen molar-refractivity contribution in [3.05, 3.63) is 71.8 Å². The van der Waals surface area contributed by atoms with Gasteiger partial charge in [-0.2, -0.15) is 0 Å². The first kappa shape index (κ1) is 15.2. The van der Waals surface area contributed by atoms with Crippen molar-refractivity contribution in [2.45, 2.75) is 19.5 Å². The predicted molar refractivity (Wildman–Crippen MR) is 85.4 cm³/mol. The Labute approximate surface area is 134 Å². The highest BCUT2D eigenvalue weighted by atomic mass is 16.2. The summed E-state index contributed by atoms with van der Waals surface area (Å²) in [5, 5.41) is 0. The molecule has 1 heterocycles. The van der Waals surface area contributed by atoms with E-state index >= 15 is 0 Å². The van der Waals surface area contributed by atoms with Crippen molar-refractivity contribution in [3.63, 3.8) is 0 Å². The van der Waals surface area contributed by atoms with Crippen LogP contribution in [0.2, 0.25) is 0 Å². The molecule has 1 amide bonds. The van der Waals surface area contributed by atoms with Crippen LogP contribution < -0.4 is 0 Å². The van der Waals surface area contributed by atoms with Gasteiger partial charge in [0.05, 0.1) is 6.04 Å². The Morgan fingerprint density at radius 2 is 1.52 bits per heavy atom. The summed E-state index contributed by atoms with van der Waals surface area (Å²) in [6, 6.07) is 18.2. The second-order valence-corrected chi connectivity index (χ2v) is 5.73. The Hall–Kier alpha value is -2.75. The van der Waals surface area contributed by atoms with Crippen molar-refractivity contribution in [1.29, 1.82) is 0 Å². The molecular formula is C19H17NO3. The first-order valence-electron chi connectivity index (χ1n) is 7.53. The molecule has 1 aliphatic heterocycles. The number of rotatable bonds is 4. The van der Waals surface area contributed by atoms with Gasteiger partial charge in [-0.05, 0) is 18.1 Å². The number of nitrogens with zero attached hydrogens (tertiary/aromatic N) is 1. The molecule has 0 spiro atoms. The van der Waals surface area contributed by atoms with Gasteiger partial charge in [0.25, 0.3) is 5.91 Å². The van der Waals surface area contributed by atoms with Crippen LogP contribution in [0.1, 0.15) is 24.1 Å². The molecule has 2 atom stereocenters. The predicted octanol–water partition coefficient (Wildman–Crippen LogP) is 2.54. The quantitative estimate of drug-likeness (QED) is 0.644. The van der Waals surface area contributed by atoms with E-state index < -0.39 is 23.7 Å². The van der Waals surface area contributed by atoms with Gasteiger partial charge < -0.3 is 4.90 Å². The summed E-state index contributed by atoms with van der Waals surface area (Å²) in [5.74, 6) is -2.38. The van der Waals surface area contributed by atoms with Crippen LogP contribution in [-0.2, 0) is 20.9 Å². The second kappa shape index (κ2) is 6.16. The van der Waals surface area contributed by atoms with Gasteiger partial charge in [-0.3, -0.25) is 14.4 Å². The van der Waals surface area contributed by atoms with E-state index in [2.05, 4.69) is 0 Å². The average Bonchev–Trinajstić information content (AvgIpc) is 2.82. The van der Waals surface area contributed by atoms with Crippen molar-refractivity contribution in [3.8, 4) is 0 Å². The maximum Gasteiger partial charge on any atom is 0.291 e. The van der Waals surface area contributed by atoms with E-state index in [4.69, 9.17) is 0 Å². The number of amides is 1. The molecule has 0 N–H and O–H groups in total. The lowest BCUT2D eigenvalue weighted by molar-refractivity contribution is -0.142. The van der Waals surface area contributed by atoms with Gasteiger partial charge in [0.1, 0.15) is 11.7 Å². The first-order chi connectivity index (χ1) is 11.1. The maximum atomic E-state index is 12.4. The van der Waals surface area contributed by atoms with Gasteiger partial charge in [-0.25, -0.2) is 0 Å². The lowest BCUT2D eigenvalue weighted by Gasteiger charge is -2.26. The molecule has 2 unspecified atom stereocenters. The van der Waals surface area contributed by atoms with Crippen LogP contribution in [0.25, 0.3) is 0 Å². The van der Waals surface area contributed by atoms with Crippen LogP contribution in [0.15, 0.2) is 60.7 Å². The van der Waals surface area contributed by atoms with Crippen LogP contribution in [0.3, 0.4) is 0 Å². The third kappa shape index (κ3) is 2.80. The Bertz CT molecular complexity index is 740. The number of hydrogen-bond donors (Lipinski definition) is 0. The van der Waals surface area contributed by atoms with Crippen molar-refractivity contribution in [2.24, 2.45) is 5.92 Å². The third-order valence-corrected chi connectivity index (χ3v) is 4.18. The van der Waals surface area contributed by atoms with Crippen molar-refractivity contribution < 1.29 is 14.4 Å². The smallest absolute Gasteiger partial charge is 0.291 e. The van der Waals surface area contributed by atoms with Gasteiger partial charge in [0.15, 0.2) is 0 Å². The molecular weight excluding hydrogens is 290 g/mol. The van der Waals surface area contributed by atoms with E-state index in [1.54, 1.807) is 0 Å². The van der Waals surface area contributed by atoms with E-state index in [0.29, 0.717) is 6.54 Å². The number of Topliss-reactive ketones (excluding diaryl/α,β-unsaturated/α-hetero) is 2. The van der Waals surface area contributed by atoms with Crippen LogP contribution >= 0.6 is 0 Å². The Morgan fingerprint density at radius 1 is 0.957 bits per heavy atom. The summed E-state index contributed by atoms with van der Waals surface area (Å²) >= 11 is 0. The molecule has 0 bridgehead atoms. The molecule has 0 radical (unpaired) electrons. The summed E-state index contributed by atoms with van der Waals surface area (Å²) < 4.78 is 0. The van der Waals surface area contributed by atoms with Gasteiger partial charge in [-0.15, -0.1) is 0 Å². The zero-order chi connectivity index (χ0) is 16.4. The number of ketones is 2. The van der Waals surface area contributed by atoms with Crippen LogP contribution in [0.4, 0.5) is 0 Å². The van der Waals surface area contributed by atoms with E-state index in [1.165, 1.54) is 11.8 Å². The fourth-order valence-electron chi connectivity index (χ4n) is 3.10. The molecule has 0 saturated carbocycles. The normalized spacial score (nSPS) is 20.8. The van der Waals surface area contributed by atoms with Crippen LogP contribution in [-0.4, -0.2) is 22.4 Å². The molecule has 4 nitrogen and oxygen atoms in total. The Balaban J connectivity index is 2.02. The molecule has 4 heteroatoms. The van der Waals surface area contributed by atoms with Gasteiger partial charge in [0.2, 0.25) is 5.78 Å². The van der Waals surface area contributed by atoms with Crippen LogP contribution in [0.5, 0.6) is 0 Å². The second-order valence-electron chi connectivity index (χ2n) is 5.73. The van der Waals surface area contributed by atoms with Crippen molar-refractivity contribution >= 4 is 17.5 Å². The molecule has 1 saturated heterocycles. The summed E-state index contributed by atoms with van der Waals surface area (Å²) in [6.07, 6.45) is 0. The lowest BCUT2D eigenvalue weighted by Crippen LogP contribution is -2.29. The molecule has 0 aliphatic carbocycles. The van der Waals surface area contributed by atoms with Crippen molar-refractivity contribution in [2.75, 3.05) is 0 Å². The molecule has 0 aromatic heterocycles. The first-order valence-corrected chi connectivity index (χ1v) is 7.53. The van der Waals surface area contributed by atoms with E-state index in [0.717, 1.165) is 11.1 Å². The summed E-state index contributed by atoms with van der Waals surface area (Å²) in [5.41, 5.74) is 1.74. The molecule has 23 heavy (non-hydrogen) atoms. The third-order valence-electron chi connectivity index (χ3n) is 4.18. The molecule has 1 fully saturated rings. The number of hydrogen-bond acceptors (Lipinski definition) is 3. The fraction of sp³-hybridized carbons (Fsp3) is 0.211. The number of likely N-dealkylation sites (tertiary alicyclic amines) is 1. The minimum absolute atomic E-state index is 0.271. The number of benzene rings is 2. The minimum Gasteiger partial charge on any atom is -0.324 e. The SMILES string of the molecule is CC(=O)C1C(=O)C(=O)N(Cc2ccccc2)C1c1ccccc1. The number of carbonyl (C=O) groups excluding carboxylic acids is 3. The lowest BCUT2D eigenvalue weighted by atomic mass is 9.90. The highest BCUT2D eigenvalue weighted by Crippen LogP contribution is 2.37. The van der Waals surface area contributed by atoms with Crippen LogP contribution in [0, 0.1) is 5.92 Å². The average molecular weight is 307 g/mol. The largest absolute Gasteiger partial charge is 0.324 e. The topological polar surface area (TPSA) is 54.5 Å². The molecule has 2 aromatic rings. The van der Waals surface area contributed by atoms with E-state index in [9.17, 15) is 14.4 Å². The summed E-state index contributed by atoms with van der Waals surface area (Å²) in [7, 11) is 0. The van der Waals surface area contributed by atoms with Gasteiger partial charge in [-0.1, -0.05) is 60.7 Å². The molecule has 3 rings (SSSR count). The molecule has 2 aromatic carbocycles. The van der Waals surface area contributed by atoms with Gasteiger partial charge >= 0.3 is 0 Å². The Morgan fingerprint density at radius 3 is 2.09 bits per heavy atom. The van der Waals surface area contributed by atoms with Crippen molar-refractivity contribution in [1.82, 2.24) is 4.90 Å². The Kier molecular flexibility index (Phi) is 4.06. The van der Waals surface area contributed by atoms with Gasteiger partial charge in [0, 0.05) is 6.54 Å². The molecule has 116 valence electrons. The summed E-state index contributed by atoms with van der Waals surface area (Å²) in [4.78, 5) is 38.2. The zero-order valence-corrected chi connectivity index (χ0v) is 12.8. The minimum atomic E-state index is -0.923. The zero-order valence-electron chi connectivity index (χ0n) is 12.8. The monoisotopic (exact) mass is 307 g/mol. The molecule has 1 aliphatic rings. The maximum absolute atomic E-state index is 12.4. The highest BCUT2D eigenvalue weighted by molar-refractivity contribution is 6.42. The standard InChI is InChI=1S/C19H17NO3/c1-13(21)16-17(15-10-6-3-7-11-15)20(19(23)18(16)22)12-14-8-4-2-5-9-14/h2-11,16-17H,12H2,1H3. The number of carbonyl (C=O) groups is 3. The summed E-state index contributed by atoms with van der Waals surface area (Å²) in [6.45, 7) is 1.69. The fourth-order valence-corrected chi connectivity index (χ4v) is 3.10. The van der Waals surface area contributed by atoms with E-state index in [-0.39, 0.29) is 5.78 Å².